The summed E-state index contributed by atoms with van der Waals surface area (Å²) in [6, 6.07) is 2.01. The highest BCUT2D eigenvalue weighted by molar-refractivity contribution is 7.10. The van der Waals surface area contributed by atoms with Gasteiger partial charge in [-0.15, -0.1) is 11.3 Å². The van der Waals surface area contributed by atoms with Crippen LogP contribution in [0.3, 0.4) is 0 Å². The third-order valence-electron chi connectivity index (χ3n) is 2.69. The van der Waals surface area contributed by atoms with E-state index in [1.165, 1.54) is 0 Å². The Morgan fingerprint density at radius 3 is 2.82 bits per heavy atom. The van der Waals surface area contributed by atoms with Gasteiger partial charge >= 0.3 is 5.97 Å². The summed E-state index contributed by atoms with van der Waals surface area (Å²) >= 11 is 1.59. The van der Waals surface area contributed by atoms with Gasteiger partial charge < -0.3 is 10.1 Å². The summed E-state index contributed by atoms with van der Waals surface area (Å²) in [5, 5.41) is 11.0. The molecule has 0 spiro atoms. The average Bonchev–Trinajstić information content (AvgIpc) is 2.84. The number of hydrogen-bond donors (Lipinski definition) is 2. The topological polar surface area (TPSA) is 66.0 Å². The molecule has 0 aliphatic rings. The lowest BCUT2D eigenvalue weighted by molar-refractivity contribution is -0.137. The van der Waals surface area contributed by atoms with Gasteiger partial charge in [0.2, 0.25) is 0 Å². The number of nitrogens with one attached hydrogen (secondary N) is 1. The quantitative estimate of drug-likeness (QED) is 0.876. The van der Waals surface area contributed by atoms with Crippen molar-refractivity contribution >= 4 is 17.3 Å². The van der Waals surface area contributed by atoms with Gasteiger partial charge in [0, 0.05) is 22.7 Å². The molecule has 2 N–H and O–H groups in total. The van der Waals surface area contributed by atoms with Crippen molar-refractivity contribution in [3.8, 4) is 0 Å². The second-order valence-corrected chi connectivity index (χ2v) is 4.99. The Bertz CT molecular complexity index is 530. The lowest BCUT2D eigenvalue weighted by atomic mass is 9.98. The minimum absolute atomic E-state index is 0.0863. The second kappa shape index (κ2) is 4.71. The predicted octanol–water partition coefficient (Wildman–Crippen LogP) is 2.69. The molecule has 1 unspecified atom stereocenters. The van der Waals surface area contributed by atoms with Gasteiger partial charge in [0.05, 0.1) is 6.42 Å². The van der Waals surface area contributed by atoms with Crippen LogP contribution in [0.25, 0.3) is 0 Å². The molecule has 2 aromatic rings. The van der Waals surface area contributed by atoms with E-state index in [-0.39, 0.29) is 12.3 Å². The van der Waals surface area contributed by atoms with Gasteiger partial charge in [0.15, 0.2) is 0 Å². The fourth-order valence-corrected chi connectivity index (χ4v) is 2.92. The van der Waals surface area contributed by atoms with Gasteiger partial charge in [-0.25, -0.2) is 4.98 Å². The van der Waals surface area contributed by atoms with E-state index in [0.29, 0.717) is 0 Å². The summed E-state index contributed by atoms with van der Waals surface area (Å²) in [6.07, 6.45) is 1.81. The number of carbonyl (C=O) groups is 1. The van der Waals surface area contributed by atoms with Crippen molar-refractivity contribution in [2.75, 3.05) is 0 Å². The molecule has 0 aliphatic heterocycles. The molecular weight excluding hydrogens is 236 g/mol. The van der Waals surface area contributed by atoms with Crippen LogP contribution in [0.15, 0.2) is 17.6 Å². The average molecular weight is 250 g/mol. The van der Waals surface area contributed by atoms with Crippen molar-refractivity contribution in [3.63, 3.8) is 0 Å². The summed E-state index contributed by atoms with van der Waals surface area (Å²) < 4.78 is 0. The lowest BCUT2D eigenvalue weighted by Gasteiger charge is -2.12. The van der Waals surface area contributed by atoms with E-state index in [4.69, 9.17) is 5.11 Å². The van der Waals surface area contributed by atoms with Crippen molar-refractivity contribution in [1.29, 1.82) is 0 Å². The third-order valence-corrected chi connectivity index (χ3v) is 3.83. The number of aryl methyl sites for hydroxylation is 2. The fourth-order valence-electron chi connectivity index (χ4n) is 1.88. The van der Waals surface area contributed by atoms with Gasteiger partial charge in [0.25, 0.3) is 0 Å². The van der Waals surface area contributed by atoms with Crippen LogP contribution in [0.5, 0.6) is 0 Å². The van der Waals surface area contributed by atoms with Crippen molar-refractivity contribution in [1.82, 2.24) is 9.97 Å². The van der Waals surface area contributed by atoms with Crippen LogP contribution in [0.4, 0.5) is 0 Å². The minimum atomic E-state index is -0.796. The number of nitrogens with zero attached hydrogens (tertiary/aromatic N) is 1. The molecule has 1 atom stereocenters. The number of rotatable bonds is 4. The first-order chi connectivity index (χ1) is 8.08. The summed E-state index contributed by atoms with van der Waals surface area (Å²) in [5.74, 6) is -0.117. The molecule has 0 radical (unpaired) electrons. The van der Waals surface area contributed by atoms with Gasteiger partial charge in [-0.3, -0.25) is 4.79 Å². The highest BCUT2D eigenvalue weighted by Crippen LogP contribution is 2.33. The van der Waals surface area contributed by atoms with Crippen LogP contribution < -0.4 is 0 Å². The predicted molar refractivity (Wildman–Crippen MR) is 66.5 cm³/mol. The molecule has 4 nitrogen and oxygen atoms in total. The number of thiophene rings is 1. The Morgan fingerprint density at radius 1 is 1.59 bits per heavy atom. The standard InChI is InChI=1S/C12H14N2O2S/c1-7-3-4-17-12(7)9(5-11(15)16)10-6-13-8(2)14-10/h3-4,6,9H,5H2,1-2H3,(H,13,14)(H,15,16). The SMILES string of the molecule is Cc1ncc(C(CC(=O)O)c2sccc2C)[nH]1. The van der Waals surface area contributed by atoms with E-state index in [9.17, 15) is 4.79 Å². The Hall–Kier alpha value is -1.62. The van der Waals surface area contributed by atoms with Gasteiger partial charge in [0.1, 0.15) is 5.82 Å². The normalized spacial score (nSPS) is 12.6. The van der Waals surface area contributed by atoms with Crippen LogP contribution in [-0.2, 0) is 4.79 Å². The summed E-state index contributed by atoms with van der Waals surface area (Å²) in [5.41, 5.74) is 2.00. The highest BCUT2D eigenvalue weighted by Gasteiger charge is 2.22. The maximum Gasteiger partial charge on any atom is 0.304 e. The zero-order valence-corrected chi connectivity index (χ0v) is 10.5. The first kappa shape index (κ1) is 11.9. The molecule has 2 aromatic heterocycles. The Morgan fingerprint density at radius 2 is 2.35 bits per heavy atom. The number of H-pyrrole nitrogens is 1. The van der Waals surface area contributed by atoms with Gasteiger partial charge in [-0.2, -0.15) is 0 Å². The molecule has 5 heteroatoms. The van der Waals surface area contributed by atoms with Crippen molar-refractivity contribution in [2.45, 2.75) is 26.2 Å². The molecular formula is C12H14N2O2S. The fraction of sp³-hybridized carbons (Fsp3) is 0.333. The molecule has 0 fully saturated rings. The lowest BCUT2D eigenvalue weighted by Crippen LogP contribution is -2.08. The first-order valence-electron chi connectivity index (χ1n) is 5.35. The van der Waals surface area contributed by atoms with E-state index in [2.05, 4.69) is 9.97 Å². The summed E-state index contributed by atoms with van der Waals surface area (Å²) in [4.78, 5) is 19.3. The van der Waals surface area contributed by atoms with E-state index < -0.39 is 5.97 Å². The largest absolute Gasteiger partial charge is 0.481 e. The maximum atomic E-state index is 11.0. The molecule has 0 aromatic carbocycles. The number of aliphatic carboxylic acids is 1. The van der Waals surface area contributed by atoms with Crippen LogP contribution in [0.1, 0.15) is 34.3 Å². The smallest absolute Gasteiger partial charge is 0.304 e. The molecule has 2 heterocycles. The van der Waals surface area contributed by atoms with Crippen LogP contribution >= 0.6 is 11.3 Å². The Labute approximate surface area is 103 Å². The van der Waals surface area contributed by atoms with Gasteiger partial charge in [-0.1, -0.05) is 0 Å². The van der Waals surface area contributed by atoms with Crippen LogP contribution in [0, 0.1) is 13.8 Å². The number of carboxylic acids is 1. The molecule has 90 valence electrons. The second-order valence-electron chi connectivity index (χ2n) is 4.04. The number of aromatic nitrogens is 2. The Balaban J connectivity index is 2.38. The molecule has 17 heavy (non-hydrogen) atoms. The molecule has 2 rings (SSSR count). The molecule has 0 saturated heterocycles. The zero-order chi connectivity index (χ0) is 12.4. The number of aromatic amines is 1. The van der Waals surface area contributed by atoms with Crippen molar-refractivity contribution in [2.24, 2.45) is 0 Å². The van der Waals surface area contributed by atoms with Gasteiger partial charge in [-0.05, 0) is 30.9 Å². The number of hydrogen-bond acceptors (Lipinski definition) is 3. The molecule has 0 bridgehead atoms. The maximum absolute atomic E-state index is 11.0. The summed E-state index contributed by atoms with van der Waals surface area (Å²) in [7, 11) is 0. The van der Waals surface area contributed by atoms with Crippen molar-refractivity contribution in [3.05, 3.63) is 39.6 Å². The minimum Gasteiger partial charge on any atom is -0.481 e. The van der Waals surface area contributed by atoms with Crippen LogP contribution in [0.2, 0.25) is 0 Å². The van der Waals surface area contributed by atoms with E-state index in [1.807, 2.05) is 25.3 Å². The first-order valence-corrected chi connectivity index (χ1v) is 6.23. The number of carboxylic acid groups (broad SMARTS) is 1. The Kier molecular flexibility index (Phi) is 3.28. The van der Waals surface area contributed by atoms with Crippen LogP contribution in [-0.4, -0.2) is 21.0 Å². The summed E-state index contributed by atoms with van der Waals surface area (Å²) in [6.45, 7) is 3.87. The zero-order valence-electron chi connectivity index (χ0n) is 9.73. The van der Waals surface area contributed by atoms with Crippen molar-refractivity contribution < 1.29 is 9.90 Å². The number of imidazole rings is 1. The third kappa shape index (κ3) is 2.55. The molecule has 0 aliphatic carbocycles. The van der Waals surface area contributed by atoms with E-state index in [0.717, 1.165) is 22.0 Å². The molecule has 0 amide bonds. The monoisotopic (exact) mass is 250 g/mol. The van der Waals surface area contributed by atoms with E-state index >= 15 is 0 Å². The highest BCUT2D eigenvalue weighted by atomic mass is 32.1. The molecule has 0 saturated carbocycles. The van der Waals surface area contributed by atoms with E-state index in [1.54, 1.807) is 17.5 Å².